The highest BCUT2D eigenvalue weighted by Gasteiger charge is 2.21. The number of hydrogen-bond donors (Lipinski definition) is 2. The number of nitrogens with zero attached hydrogens (tertiary/aromatic N) is 2. The first kappa shape index (κ1) is 17.4. The predicted molar refractivity (Wildman–Crippen MR) is 93.7 cm³/mol. The van der Waals surface area contributed by atoms with Gasteiger partial charge in [0.05, 0.1) is 17.5 Å². The Hall–Kier alpha value is -3.03. The Kier molecular flexibility index (Phi) is 4.70. The minimum atomic E-state index is -1.01. The molecule has 2 aromatic heterocycles. The standard InChI is InChI=1S/C19H18F2N4O2/c20-14-7-3-6-12(16(14)21)17-13(10-27-25-17)15-9-22-18(24-15)19(26)23-8-11-4-1-2-5-11/h3,6-7,9-11H,1-2,4-5,8H2,(H,22,24)(H,23,26). The van der Waals surface area contributed by atoms with Gasteiger partial charge in [-0.25, -0.2) is 13.8 Å². The van der Waals surface area contributed by atoms with Crippen LogP contribution in [0, 0.1) is 17.6 Å². The summed E-state index contributed by atoms with van der Waals surface area (Å²) < 4.78 is 32.6. The summed E-state index contributed by atoms with van der Waals surface area (Å²) in [5.41, 5.74) is 0.928. The van der Waals surface area contributed by atoms with Crippen molar-refractivity contribution in [2.24, 2.45) is 5.92 Å². The van der Waals surface area contributed by atoms with Crippen LogP contribution < -0.4 is 5.32 Å². The lowest BCUT2D eigenvalue weighted by atomic mass is 10.1. The van der Waals surface area contributed by atoms with E-state index in [1.807, 2.05) is 0 Å². The third-order valence-corrected chi connectivity index (χ3v) is 4.88. The van der Waals surface area contributed by atoms with Gasteiger partial charge in [-0.2, -0.15) is 0 Å². The number of hydrogen-bond acceptors (Lipinski definition) is 4. The maximum Gasteiger partial charge on any atom is 0.287 e. The highest BCUT2D eigenvalue weighted by molar-refractivity contribution is 5.91. The van der Waals surface area contributed by atoms with Gasteiger partial charge in [-0.1, -0.05) is 24.1 Å². The van der Waals surface area contributed by atoms with E-state index >= 15 is 0 Å². The molecule has 0 spiro atoms. The minimum absolute atomic E-state index is 0.0272. The molecule has 27 heavy (non-hydrogen) atoms. The zero-order valence-electron chi connectivity index (χ0n) is 14.5. The van der Waals surface area contributed by atoms with Gasteiger partial charge in [0.15, 0.2) is 17.5 Å². The summed E-state index contributed by atoms with van der Waals surface area (Å²) in [6.45, 7) is 0.627. The van der Waals surface area contributed by atoms with Crippen molar-refractivity contribution in [3.05, 3.63) is 48.1 Å². The average molecular weight is 372 g/mol. The molecule has 1 amide bonds. The van der Waals surface area contributed by atoms with Gasteiger partial charge in [-0.3, -0.25) is 4.79 Å². The molecule has 1 fully saturated rings. The van der Waals surface area contributed by atoms with Crippen LogP contribution in [0.2, 0.25) is 0 Å². The Bertz CT molecular complexity index is 960. The van der Waals surface area contributed by atoms with Crippen molar-refractivity contribution in [2.75, 3.05) is 6.54 Å². The lowest BCUT2D eigenvalue weighted by molar-refractivity contribution is 0.0938. The van der Waals surface area contributed by atoms with Crippen molar-refractivity contribution < 1.29 is 18.1 Å². The van der Waals surface area contributed by atoms with Crippen LogP contribution in [0.3, 0.4) is 0 Å². The molecule has 1 aliphatic carbocycles. The first-order chi connectivity index (χ1) is 13.1. The molecule has 1 aliphatic rings. The van der Waals surface area contributed by atoms with Crippen molar-refractivity contribution in [3.63, 3.8) is 0 Å². The van der Waals surface area contributed by atoms with Crippen LogP contribution in [0.1, 0.15) is 36.3 Å². The van der Waals surface area contributed by atoms with E-state index in [-0.39, 0.29) is 23.0 Å². The number of carbonyl (C=O) groups is 1. The molecule has 0 atom stereocenters. The number of aromatic nitrogens is 3. The van der Waals surface area contributed by atoms with Gasteiger partial charge < -0.3 is 14.8 Å². The summed E-state index contributed by atoms with van der Waals surface area (Å²) in [5.74, 6) is -1.62. The Morgan fingerprint density at radius 2 is 2.07 bits per heavy atom. The van der Waals surface area contributed by atoms with Gasteiger partial charge in [0, 0.05) is 12.1 Å². The molecule has 0 saturated heterocycles. The van der Waals surface area contributed by atoms with Crippen LogP contribution in [0.15, 0.2) is 35.2 Å². The van der Waals surface area contributed by atoms with Crippen molar-refractivity contribution in [1.82, 2.24) is 20.4 Å². The molecule has 0 aliphatic heterocycles. The van der Waals surface area contributed by atoms with E-state index in [0.29, 0.717) is 23.7 Å². The number of amides is 1. The Morgan fingerprint density at radius 3 is 2.89 bits per heavy atom. The number of halogens is 2. The van der Waals surface area contributed by atoms with E-state index in [9.17, 15) is 13.6 Å². The summed E-state index contributed by atoms with van der Waals surface area (Å²) in [4.78, 5) is 19.3. The second-order valence-corrected chi connectivity index (χ2v) is 6.68. The third kappa shape index (κ3) is 3.47. The van der Waals surface area contributed by atoms with Crippen LogP contribution in [-0.4, -0.2) is 27.6 Å². The SMILES string of the molecule is O=C(NCC1CCCC1)c1ncc(-c2conc2-c2cccc(F)c2F)[nH]1. The Morgan fingerprint density at radius 1 is 1.26 bits per heavy atom. The molecule has 3 aromatic rings. The highest BCUT2D eigenvalue weighted by Crippen LogP contribution is 2.32. The first-order valence-electron chi connectivity index (χ1n) is 8.86. The molecule has 6 nitrogen and oxygen atoms in total. The summed E-state index contributed by atoms with van der Waals surface area (Å²) in [5, 5.41) is 6.66. The molecule has 1 saturated carbocycles. The molecule has 0 bridgehead atoms. The number of aromatic amines is 1. The van der Waals surface area contributed by atoms with Gasteiger partial charge in [0.1, 0.15) is 12.0 Å². The minimum Gasteiger partial charge on any atom is -0.363 e. The molecule has 2 heterocycles. The van der Waals surface area contributed by atoms with Gasteiger partial charge in [-0.05, 0) is 30.9 Å². The van der Waals surface area contributed by atoms with Gasteiger partial charge in [0.25, 0.3) is 5.91 Å². The summed E-state index contributed by atoms with van der Waals surface area (Å²) in [6, 6.07) is 3.83. The topological polar surface area (TPSA) is 83.8 Å². The number of nitrogens with one attached hydrogen (secondary N) is 2. The smallest absolute Gasteiger partial charge is 0.287 e. The van der Waals surface area contributed by atoms with Crippen molar-refractivity contribution in [3.8, 4) is 22.5 Å². The van der Waals surface area contributed by atoms with E-state index in [1.165, 1.54) is 37.4 Å². The number of H-pyrrole nitrogens is 1. The monoisotopic (exact) mass is 372 g/mol. The quantitative estimate of drug-likeness (QED) is 0.711. The molecule has 4 rings (SSSR count). The van der Waals surface area contributed by atoms with Gasteiger partial charge in [0.2, 0.25) is 0 Å². The van der Waals surface area contributed by atoms with Crippen LogP contribution >= 0.6 is 0 Å². The normalized spacial score (nSPS) is 14.6. The molecule has 8 heteroatoms. The highest BCUT2D eigenvalue weighted by atomic mass is 19.2. The van der Waals surface area contributed by atoms with Crippen LogP contribution in [0.4, 0.5) is 8.78 Å². The molecule has 0 unspecified atom stereocenters. The zero-order valence-corrected chi connectivity index (χ0v) is 14.5. The largest absolute Gasteiger partial charge is 0.363 e. The molecule has 1 aromatic carbocycles. The van der Waals surface area contributed by atoms with Crippen molar-refractivity contribution in [1.29, 1.82) is 0 Å². The van der Waals surface area contributed by atoms with E-state index in [4.69, 9.17) is 4.52 Å². The molecule has 0 radical (unpaired) electrons. The fourth-order valence-corrected chi connectivity index (χ4v) is 3.42. The number of rotatable bonds is 5. The summed E-state index contributed by atoms with van der Waals surface area (Å²) in [7, 11) is 0. The predicted octanol–water partition coefficient (Wildman–Crippen LogP) is 3.93. The third-order valence-electron chi connectivity index (χ3n) is 4.88. The van der Waals surface area contributed by atoms with Crippen molar-refractivity contribution >= 4 is 5.91 Å². The maximum atomic E-state index is 14.1. The van der Waals surface area contributed by atoms with E-state index in [2.05, 4.69) is 20.4 Å². The fraction of sp³-hybridized carbons (Fsp3) is 0.316. The number of benzene rings is 1. The Balaban J connectivity index is 1.55. The van der Waals surface area contributed by atoms with Gasteiger partial charge in [-0.15, -0.1) is 0 Å². The molecule has 2 N–H and O–H groups in total. The van der Waals surface area contributed by atoms with Crippen molar-refractivity contribution in [2.45, 2.75) is 25.7 Å². The van der Waals surface area contributed by atoms with E-state index < -0.39 is 11.6 Å². The first-order valence-corrected chi connectivity index (χ1v) is 8.86. The van der Waals surface area contributed by atoms with Gasteiger partial charge >= 0.3 is 0 Å². The zero-order chi connectivity index (χ0) is 18.8. The van der Waals surface area contributed by atoms with Crippen LogP contribution in [0.5, 0.6) is 0 Å². The second-order valence-electron chi connectivity index (χ2n) is 6.68. The van der Waals surface area contributed by atoms with Crippen LogP contribution in [0.25, 0.3) is 22.5 Å². The fourth-order valence-electron chi connectivity index (χ4n) is 3.42. The number of imidazole rings is 1. The van der Waals surface area contributed by atoms with E-state index in [0.717, 1.165) is 18.9 Å². The molecular formula is C19H18F2N4O2. The molecule has 140 valence electrons. The maximum absolute atomic E-state index is 14.1. The number of carbonyl (C=O) groups excluding carboxylic acids is 1. The van der Waals surface area contributed by atoms with E-state index in [1.54, 1.807) is 0 Å². The molecular weight excluding hydrogens is 354 g/mol. The second kappa shape index (κ2) is 7.30. The lowest BCUT2D eigenvalue weighted by Gasteiger charge is -2.09. The summed E-state index contributed by atoms with van der Waals surface area (Å²) >= 11 is 0. The summed E-state index contributed by atoms with van der Waals surface area (Å²) in [6.07, 6.45) is 7.42. The Labute approximate surface area is 154 Å². The lowest BCUT2D eigenvalue weighted by Crippen LogP contribution is -2.29. The average Bonchev–Trinajstić information content (AvgIpc) is 3.42. The van der Waals surface area contributed by atoms with Crippen LogP contribution in [-0.2, 0) is 0 Å².